The maximum Gasteiger partial charge on any atom is 0.337 e. The Morgan fingerprint density at radius 3 is 2.50 bits per heavy atom. The third-order valence-corrected chi connectivity index (χ3v) is 4.51. The number of fused-ring (bicyclic) bond motifs is 1. The van der Waals surface area contributed by atoms with Gasteiger partial charge in [0, 0.05) is 11.1 Å². The molecule has 3 aromatic carbocycles. The Balaban J connectivity index is 2.37. The van der Waals surface area contributed by atoms with E-state index in [9.17, 15) is 10.1 Å². The maximum absolute atomic E-state index is 12.0. The van der Waals surface area contributed by atoms with Gasteiger partial charge in [-0.1, -0.05) is 31.2 Å². The lowest BCUT2D eigenvalue weighted by atomic mass is 9.91. The number of aryl methyl sites for hydroxylation is 1. The van der Waals surface area contributed by atoms with Crippen molar-refractivity contribution in [2.24, 2.45) is 0 Å². The standard InChI is InChI=1S/C22H19NO3/c1-4-14-5-10-18(20(11-14)25-2)21-17(13-23)9-7-15-6-8-16(12-19(15)21)22(24)26-3/h5-12H,4H2,1-3H3. The minimum atomic E-state index is -0.409. The third kappa shape index (κ3) is 3.00. The van der Waals surface area contributed by atoms with Gasteiger partial charge in [0.2, 0.25) is 0 Å². The summed E-state index contributed by atoms with van der Waals surface area (Å²) in [6.45, 7) is 2.08. The van der Waals surface area contributed by atoms with E-state index in [1.165, 1.54) is 7.11 Å². The lowest BCUT2D eigenvalue weighted by molar-refractivity contribution is 0.0601. The van der Waals surface area contributed by atoms with Gasteiger partial charge in [0.25, 0.3) is 0 Å². The quantitative estimate of drug-likeness (QED) is 0.641. The van der Waals surface area contributed by atoms with Crippen LogP contribution in [0.5, 0.6) is 5.75 Å². The highest BCUT2D eigenvalue weighted by molar-refractivity contribution is 6.04. The summed E-state index contributed by atoms with van der Waals surface area (Å²) in [6, 6.07) is 17.3. The lowest BCUT2D eigenvalue weighted by Gasteiger charge is -2.15. The summed E-state index contributed by atoms with van der Waals surface area (Å²) >= 11 is 0. The predicted molar refractivity (Wildman–Crippen MR) is 101 cm³/mol. The molecule has 0 N–H and O–H groups in total. The highest BCUT2D eigenvalue weighted by atomic mass is 16.5. The molecule has 3 aromatic rings. The maximum atomic E-state index is 12.0. The molecule has 0 atom stereocenters. The van der Waals surface area contributed by atoms with E-state index < -0.39 is 5.97 Å². The number of hydrogen-bond donors (Lipinski definition) is 0. The molecule has 4 heteroatoms. The number of rotatable bonds is 4. The number of ether oxygens (including phenoxy) is 2. The summed E-state index contributed by atoms with van der Waals surface area (Å²) in [5, 5.41) is 11.4. The van der Waals surface area contributed by atoms with E-state index in [1.54, 1.807) is 25.3 Å². The molecule has 4 nitrogen and oxygen atoms in total. The van der Waals surface area contributed by atoms with E-state index in [-0.39, 0.29) is 0 Å². The van der Waals surface area contributed by atoms with Gasteiger partial charge in [0.05, 0.1) is 31.4 Å². The first-order valence-corrected chi connectivity index (χ1v) is 8.35. The molecule has 0 spiro atoms. The van der Waals surface area contributed by atoms with E-state index >= 15 is 0 Å². The van der Waals surface area contributed by atoms with E-state index in [1.807, 2.05) is 30.3 Å². The Kier molecular flexibility index (Phi) is 4.90. The number of nitrogens with zero attached hydrogens (tertiary/aromatic N) is 1. The van der Waals surface area contributed by atoms with Gasteiger partial charge in [-0.2, -0.15) is 5.26 Å². The Labute approximate surface area is 152 Å². The number of carbonyl (C=O) groups excluding carboxylic acids is 1. The minimum Gasteiger partial charge on any atom is -0.496 e. The van der Waals surface area contributed by atoms with Crippen molar-refractivity contribution in [2.75, 3.05) is 14.2 Å². The first-order valence-electron chi connectivity index (χ1n) is 8.35. The second-order valence-corrected chi connectivity index (χ2v) is 5.92. The Hall–Kier alpha value is -3.32. The van der Waals surface area contributed by atoms with Crippen LogP contribution in [0, 0.1) is 11.3 Å². The minimum absolute atomic E-state index is 0.409. The van der Waals surface area contributed by atoms with E-state index in [4.69, 9.17) is 9.47 Å². The molecule has 3 rings (SSSR count). The summed E-state index contributed by atoms with van der Waals surface area (Å²) in [5.74, 6) is 0.297. The molecular formula is C22H19NO3. The van der Waals surface area contributed by atoms with Crippen molar-refractivity contribution in [2.45, 2.75) is 13.3 Å². The summed E-state index contributed by atoms with van der Waals surface area (Å²) in [4.78, 5) is 12.0. The lowest BCUT2D eigenvalue weighted by Crippen LogP contribution is -2.01. The van der Waals surface area contributed by atoms with Crippen LogP contribution >= 0.6 is 0 Å². The second-order valence-electron chi connectivity index (χ2n) is 5.92. The highest BCUT2D eigenvalue weighted by Gasteiger charge is 2.16. The van der Waals surface area contributed by atoms with Crippen molar-refractivity contribution < 1.29 is 14.3 Å². The molecule has 0 aliphatic rings. The Morgan fingerprint density at radius 1 is 1.08 bits per heavy atom. The molecule has 0 saturated heterocycles. The largest absolute Gasteiger partial charge is 0.496 e. The molecule has 0 aromatic heterocycles. The molecule has 0 aliphatic heterocycles. The number of methoxy groups -OCH3 is 2. The SMILES string of the molecule is CCc1ccc(-c2c(C#N)ccc3ccc(C(=O)OC)cc23)c(OC)c1. The van der Waals surface area contributed by atoms with Crippen LogP contribution in [-0.2, 0) is 11.2 Å². The summed E-state index contributed by atoms with van der Waals surface area (Å²) < 4.78 is 10.4. The van der Waals surface area contributed by atoms with Crippen molar-refractivity contribution in [1.82, 2.24) is 0 Å². The third-order valence-electron chi connectivity index (χ3n) is 4.51. The fourth-order valence-electron chi connectivity index (χ4n) is 3.11. The molecular weight excluding hydrogens is 326 g/mol. The zero-order valence-electron chi connectivity index (χ0n) is 15.0. The van der Waals surface area contributed by atoms with E-state index in [0.717, 1.165) is 33.9 Å². The summed E-state index contributed by atoms with van der Waals surface area (Å²) in [7, 11) is 2.97. The Bertz CT molecular complexity index is 1030. The second kappa shape index (κ2) is 7.28. The van der Waals surface area contributed by atoms with Crippen LogP contribution in [0.1, 0.15) is 28.4 Å². The summed E-state index contributed by atoms with van der Waals surface area (Å²) in [6.07, 6.45) is 0.893. The van der Waals surface area contributed by atoms with Crippen LogP contribution < -0.4 is 4.74 Å². The molecule has 0 amide bonds. The van der Waals surface area contributed by atoms with Crippen molar-refractivity contribution in [3.63, 3.8) is 0 Å². The van der Waals surface area contributed by atoms with Crippen LogP contribution in [0.25, 0.3) is 21.9 Å². The molecule has 26 heavy (non-hydrogen) atoms. The topological polar surface area (TPSA) is 59.3 Å². The van der Waals surface area contributed by atoms with Crippen molar-refractivity contribution in [1.29, 1.82) is 5.26 Å². The first-order chi connectivity index (χ1) is 12.6. The van der Waals surface area contributed by atoms with Gasteiger partial charge < -0.3 is 9.47 Å². The van der Waals surface area contributed by atoms with Crippen molar-refractivity contribution in [3.8, 4) is 22.9 Å². The first kappa shape index (κ1) is 17.5. The van der Waals surface area contributed by atoms with Crippen LogP contribution in [-0.4, -0.2) is 20.2 Å². The van der Waals surface area contributed by atoms with Crippen molar-refractivity contribution in [3.05, 3.63) is 65.2 Å². The van der Waals surface area contributed by atoms with Gasteiger partial charge in [-0.15, -0.1) is 0 Å². The zero-order chi connectivity index (χ0) is 18.7. The number of hydrogen-bond acceptors (Lipinski definition) is 4. The fraction of sp³-hybridized carbons (Fsp3) is 0.182. The van der Waals surface area contributed by atoms with E-state index in [2.05, 4.69) is 13.0 Å². The molecule has 0 radical (unpaired) electrons. The number of carbonyl (C=O) groups is 1. The smallest absolute Gasteiger partial charge is 0.337 e. The monoisotopic (exact) mass is 345 g/mol. The van der Waals surface area contributed by atoms with Gasteiger partial charge in [-0.05, 0) is 47.0 Å². The summed E-state index contributed by atoms with van der Waals surface area (Å²) in [5.41, 5.74) is 3.71. The zero-order valence-corrected chi connectivity index (χ0v) is 15.0. The molecule has 0 heterocycles. The molecule has 0 unspecified atom stereocenters. The van der Waals surface area contributed by atoms with E-state index in [0.29, 0.717) is 16.9 Å². The number of nitriles is 1. The van der Waals surface area contributed by atoms with Gasteiger partial charge in [0.1, 0.15) is 5.75 Å². The van der Waals surface area contributed by atoms with Crippen LogP contribution in [0.4, 0.5) is 0 Å². The molecule has 130 valence electrons. The average Bonchev–Trinajstić information content (AvgIpc) is 2.71. The van der Waals surface area contributed by atoms with Gasteiger partial charge in [-0.3, -0.25) is 0 Å². The van der Waals surface area contributed by atoms with Crippen LogP contribution in [0.3, 0.4) is 0 Å². The number of benzene rings is 3. The normalized spacial score (nSPS) is 10.4. The molecule has 0 saturated carbocycles. The predicted octanol–water partition coefficient (Wildman–Crippen LogP) is 4.74. The van der Waals surface area contributed by atoms with Gasteiger partial charge in [-0.25, -0.2) is 4.79 Å². The van der Waals surface area contributed by atoms with Gasteiger partial charge >= 0.3 is 5.97 Å². The average molecular weight is 345 g/mol. The number of esters is 1. The molecule has 0 fully saturated rings. The van der Waals surface area contributed by atoms with Crippen molar-refractivity contribution >= 4 is 16.7 Å². The fourth-order valence-corrected chi connectivity index (χ4v) is 3.11. The molecule has 0 aliphatic carbocycles. The molecule has 0 bridgehead atoms. The van der Waals surface area contributed by atoms with Crippen LogP contribution in [0.2, 0.25) is 0 Å². The highest BCUT2D eigenvalue weighted by Crippen LogP contribution is 2.38. The van der Waals surface area contributed by atoms with Gasteiger partial charge in [0.15, 0.2) is 0 Å². The van der Waals surface area contributed by atoms with Crippen LogP contribution in [0.15, 0.2) is 48.5 Å². The Morgan fingerprint density at radius 2 is 1.85 bits per heavy atom.